The van der Waals surface area contributed by atoms with Crippen molar-refractivity contribution in [3.8, 4) is 0 Å². The van der Waals surface area contributed by atoms with Crippen LogP contribution in [0.2, 0.25) is 0 Å². The van der Waals surface area contributed by atoms with Crippen molar-refractivity contribution in [1.82, 2.24) is 19.7 Å². The smallest absolute Gasteiger partial charge is 0.235 e. The minimum absolute atomic E-state index is 0.0374. The van der Waals surface area contributed by atoms with E-state index in [-0.39, 0.29) is 12.0 Å². The number of fused-ring (bicyclic) bond motifs is 1. The van der Waals surface area contributed by atoms with Crippen LogP contribution in [0.15, 0.2) is 12.7 Å². The third-order valence-electron chi connectivity index (χ3n) is 2.43. The zero-order valence-corrected chi connectivity index (χ0v) is 10.1. The van der Waals surface area contributed by atoms with Gasteiger partial charge in [-0.2, -0.15) is 0 Å². The average molecular weight is 269 g/mol. The number of thioether (sulfide) groups is 1. The highest BCUT2D eigenvalue weighted by molar-refractivity contribution is 8.00. The Labute approximate surface area is 106 Å². The molecule has 18 heavy (non-hydrogen) atoms. The summed E-state index contributed by atoms with van der Waals surface area (Å²) in [5, 5.41) is 8.96. The molecule has 0 aromatic carbocycles. The molecule has 9 heteroatoms. The molecule has 1 unspecified atom stereocenters. The highest BCUT2D eigenvalue weighted by atomic mass is 32.2. The van der Waals surface area contributed by atoms with E-state index in [1.807, 2.05) is 0 Å². The standard InChI is InChI=1S/C9H11N5O3S/c10-8-7-9(12-3-11-8)14(4-13-7)17-5-2-18-6(1-15)16-5/h3-6,15H,1-2H2,(H2,10,11,12)/t5-,6?/m1/s1. The number of imidazole rings is 1. The number of anilines is 1. The van der Waals surface area contributed by atoms with Gasteiger partial charge in [0.15, 0.2) is 11.3 Å². The summed E-state index contributed by atoms with van der Waals surface area (Å²) in [7, 11) is 0. The third-order valence-corrected chi connectivity index (χ3v) is 3.53. The Morgan fingerprint density at radius 2 is 2.44 bits per heavy atom. The Morgan fingerprint density at radius 1 is 1.56 bits per heavy atom. The lowest BCUT2D eigenvalue weighted by Crippen LogP contribution is -2.27. The lowest BCUT2D eigenvalue weighted by atomic mass is 10.5. The molecule has 2 aromatic rings. The van der Waals surface area contributed by atoms with E-state index in [2.05, 4.69) is 15.0 Å². The molecular weight excluding hydrogens is 258 g/mol. The highest BCUT2D eigenvalue weighted by Gasteiger charge is 2.27. The Morgan fingerprint density at radius 3 is 3.22 bits per heavy atom. The minimum atomic E-state index is -0.444. The van der Waals surface area contributed by atoms with Gasteiger partial charge in [-0.25, -0.2) is 15.0 Å². The molecule has 96 valence electrons. The summed E-state index contributed by atoms with van der Waals surface area (Å²) in [5.74, 6) is 0.933. The molecular formula is C9H11N5O3S. The zero-order chi connectivity index (χ0) is 12.5. The number of aliphatic hydroxyl groups is 1. The first-order chi connectivity index (χ1) is 8.78. The van der Waals surface area contributed by atoms with Gasteiger partial charge in [-0.1, -0.05) is 0 Å². The number of aromatic nitrogens is 4. The van der Waals surface area contributed by atoms with Crippen LogP contribution in [0.3, 0.4) is 0 Å². The first-order valence-electron chi connectivity index (χ1n) is 5.26. The van der Waals surface area contributed by atoms with Gasteiger partial charge >= 0.3 is 0 Å². The van der Waals surface area contributed by atoms with E-state index in [9.17, 15) is 0 Å². The molecule has 3 N–H and O–H groups in total. The quantitative estimate of drug-likeness (QED) is 0.749. The maximum Gasteiger partial charge on any atom is 0.235 e. The molecule has 8 nitrogen and oxygen atoms in total. The van der Waals surface area contributed by atoms with Gasteiger partial charge in [-0.3, -0.25) is 0 Å². The Bertz CT molecular complexity index is 562. The summed E-state index contributed by atoms with van der Waals surface area (Å²) < 4.78 is 6.83. The van der Waals surface area contributed by atoms with Crippen molar-refractivity contribution in [3.63, 3.8) is 0 Å². The molecule has 3 rings (SSSR count). The topological polar surface area (TPSA) is 108 Å². The Hall–Kier alpha value is -1.58. The van der Waals surface area contributed by atoms with E-state index in [0.717, 1.165) is 0 Å². The molecule has 1 aliphatic heterocycles. The maximum absolute atomic E-state index is 8.96. The Kier molecular flexibility index (Phi) is 2.94. The fraction of sp³-hybridized carbons (Fsp3) is 0.444. The number of nitrogens with zero attached hydrogens (tertiary/aromatic N) is 4. The predicted molar refractivity (Wildman–Crippen MR) is 64.5 cm³/mol. The van der Waals surface area contributed by atoms with Crippen molar-refractivity contribution in [1.29, 1.82) is 0 Å². The largest absolute Gasteiger partial charge is 0.393 e. The van der Waals surface area contributed by atoms with E-state index in [1.165, 1.54) is 29.1 Å². The molecule has 2 aromatic heterocycles. The first kappa shape index (κ1) is 11.5. The van der Waals surface area contributed by atoms with Crippen LogP contribution < -0.4 is 10.6 Å². The monoisotopic (exact) mass is 269 g/mol. The van der Waals surface area contributed by atoms with E-state index >= 15 is 0 Å². The highest BCUT2D eigenvalue weighted by Crippen LogP contribution is 2.24. The summed E-state index contributed by atoms with van der Waals surface area (Å²) in [6, 6.07) is 0. The molecule has 0 amide bonds. The van der Waals surface area contributed by atoms with Crippen molar-refractivity contribution < 1.29 is 14.7 Å². The maximum atomic E-state index is 8.96. The van der Waals surface area contributed by atoms with Crippen LogP contribution >= 0.6 is 11.8 Å². The number of hydrogen-bond acceptors (Lipinski definition) is 8. The van der Waals surface area contributed by atoms with Gasteiger partial charge < -0.3 is 20.4 Å². The summed E-state index contributed by atoms with van der Waals surface area (Å²) in [5.41, 5.74) is 6.40. The second-order valence-corrected chi connectivity index (χ2v) is 4.81. The summed E-state index contributed by atoms with van der Waals surface area (Å²) in [6.07, 6.45) is 2.37. The lowest BCUT2D eigenvalue weighted by Gasteiger charge is -2.13. The van der Waals surface area contributed by atoms with Crippen LogP contribution in [0.1, 0.15) is 0 Å². The van der Waals surface area contributed by atoms with Gasteiger partial charge in [0, 0.05) is 0 Å². The Balaban J connectivity index is 1.81. The van der Waals surface area contributed by atoms with Crippen molar-refractivity contribution in [2.75, 3.05) is 18.1 Å². The van der Waals surface area contributed by atoms with Gasteiger partial charge in [0.05, 0.1) is 12.4 Å². The number of rotatable bonds is 3. The molecule has 3 heterocycles. The van der Waals surface area contributed by atoms with Crippen LogP contribution in [-0.4, -0.2) is 48.9 Å². The van der Waals surface area contributed by atoms with Crippen LogP contribution in [0.5, 0.6) is 0 Å². The summed E-state index contributed by atoms with van der Waals surface area (Å²) in [6.45, 7) is -0.0374. The van der Waals surface area contributed by atoms with Crippen LogP contribution in [0.25, 0.3) is 11.2 Å². The number of aliphatic hydroxyl groups excluding tert-OH is 1. The molecule has 2 atom stereocenters. The van der Waals surface area contributed by atoms with Gasteiger partial charge in [0.1, 0.15) is 18.1 Å². The molecule has 0 saturated carbocycles. The lowest BCUT2D eigenvalue weighted by molar-refractivity contribution is -0.132. The predicted octanol–water partition coefficient (Wildman–Crippen LogP) is -0.755. The van der Waals surface area contributed by atoms with Crippen molar-refractivity contribution in [3.05, 3.63) is 12.7 Å². The molecule has 0 radical (unpaired) electrons. The van der Waals surface area contributed by atoms with E-state index in [4.69, 9.17) is 20.4 Å². The molecule has 1 fully saturated rings. The van der Waals surface area contributed by atoms with Crippen molar-refractivity contribution in [2.45, 2.75) is 11.7 Å². The zero-order valence-electron chi connectivity index (χ0n) is 9.26. The van der Waals surface area contributed by atoms with Crippen molar-refractivity contribution >= 4 is 28.7 Å². The van der Waals surface area contributed by atoms with Gasteiger partial charge in [-0.15, -0.1) is 16.5 Å². The molecule has 1 aliphatic rings. The summed E-state index contributed by atoms with van der Waals surface area (Å²) in [4.78, 5) is 17.5. The van der Waals surface area contributed by atoms with E-state index in [0.29, 0.717) is 22.7 Å². The van der Waals surface area contributed by atoms with Gasteiger partial charge in [0.25, 0.3) is 0 Å². The van der Waals surface area contributed by atoms with E-state index < -0.39 is 6.29 Å². The van der Waals surface area contributed by atoms with Crippen LogP contribution in [0, 0.1) is 0 Å². The number of hydrogen-bond donors (Lipinski definition) is 2. The fourth-order valence-electron chi connectivity index (χ4n) is 1.62. The molecule has 0 aliphatic carbocycles. The average Bonchev–Trinajstić information content (AvgIpc) is 2.98. The fourth-order valence-corrected chi connectivity index (χ4v) is 2.44. The second-order valence-electron chi connectivity index (χ2n) is 3.62. The molecule has 0 spiro atoms. The normalized spacial score (nSPS) is 23.6. The molecule has 0 bridgehead atoms. The first-order valence-corrected chi connectivity index (χ1v) is 6.31. The number of ether oxygens (including phenoxy) is 1. The van der Waals surface area contributed by atoms with Crippen molar-refractivity contribution in [2.24, 2.45) is 0 Å². The van der Waals surface area contributed by atoms with Gasteiger partial charge in [-0.05, 0) is 0 Å². The van der Waals surface area contributed by atoms with E-state index in [1.54, 1.807) is 0 Å². The summed E-state index contributed by atoms with van der Waals surface area (Å²) >= 11 is 1.49. The van der Waals surface area contributed by atoms with Crippen LogP contribution in [0.4, 0.5) is 5.82 Å². The van der Waals surface area contributed by atoms with Crippen LogP contribution in [-0.2, 0) is 4.74 Å². The third kappa shape index (κ3) is 1.96. The number of nitrogens with two attached hydrogens (primary N) is 1. The second kappa shape index (κ2) is 4.59. The molecule has 1 saturated heterocycles. The minimum Gasteiger partial charge on any atom is -0.393 e. The van der Waals surface area contributed by atoms with Gasteiger partial charge in [0.2, 0.25) is 11.9 Å². The SMILES string of the molecule is Nc1ncnc2c1ncn2O[C@@H]1CSC(CO)O1. The number of nitrogen functional groups attached to an aromatic ring is 1.